The molecule has 0 spiro atoms. The number of hydrogen-bond acceptors (Lipinski definition) is 5. The van der Waals surface area contributed by atoms with Gasteiger partial charge in [0, 0.05) is 24.2 Å². The minimum absolute atomic E-state index is 0.0872. The second-order valence-corrected chi connectivity index (χ2v) is 7.41. The molecule has 3 heterocycles. The van der Waals surface area contributed by atoms with Crippen LogP contribution in [0.3, 0.4) is 0 Å². The van der Waals surface area contributed by atoms with Crippen LogP contribution in [0.25, 0.3) is 0 Å². The summed E-state index contributed by atoms with van der Waals surface area (Å²) in [6, 6.07) is 15.6. The van der Waals surface area contributed by atoms with Crippen LogP contribution in [0.2, 0.25) is 0 Å². The standard InChI is InChI=1S/C22H21N3O3/c1-14-23-21(28-24-14)15-7-6-12-25(13-15)22(26)20-16-8-2-4-10-18(16)27-19-11-5-3-9-17(19)20/h2-5,8-11,15,20H,6-7,12-13H2,1H3/t15-/m1/s1. The van der Waals surface area contributed by atoms with Gasteiger partial charge >= 0.3 is 0 Å². The average Bonchev–Trinajstić information content (AvgIpc) is 3.18. The van der Waals surface area contributed by atoms with Crippen LogP contribution in [-0.2, 0) is 4.79 Å². The largest absolute Gasteiger partial charge is 0.457 e. The van der Waals surface area contributed by atoms with Gasteiger partial charge in [-0.3, -0.25) is 4.79 Å². The minimum Gasteiger partial charge on any atom is -0.457 e. The molecule has 6 heteroatoms. The highest BCUT2D eigenvalue weighted by atomic mass is 16.5. The van der Waals surface area contributed by atoms with Gasteiger partial charge in [0.1, 0.15) is 11.5 Å². The monoisotopic (exact) mass is 375 g/mol. The number of aromatic nitrogens is 2. The molecule has 3 aromatic rings. The first-order valence-corrected chi connectivity index (χ1v) is 9.65. The highest BCUT2D eigenvalue weighted by Crippen LogP contribution is 2.45. The van der Waals surface area contributed by atoms with Crippen LogP contribution in [0.4, 0.5) is 0 Å². The Kier molecular flexibility index (Phi) is 4.11. The van der Waals surface area contributed by atoms with Gasteiger partial charge in [0.15, 0.2) is 5.82 Å². The second kappa shape index (κ2) is 6.78. The van der Waals surface area contributed by atoms with E-state index in [1.54, 1.807) is 0 Å². The van der Waals surface area contributed by atoms with Gasteiger partial charge in [-0.05, 0) is 31.9 Å². The number of nitrogens with zero attached hydrogens (tertiary/aromatic N) is 3. The molecule has 6 nitrogen and oxygen atoms in total. The third-order valence-electron chi connectivity index (χ3n) is 5.55. The van der Waals surface area contributed by atoms with Gasteiger partial charge in [-0.1, -0.05) is 41.6 Å². The number of carbonyl (C=O) groups excluding carboxylic acids is 1. The molecular formula is C22H21N3O3. The zero-order valence-electron chi connectivity index (χ0n) is 15.7. The first-order chi connectivity index (χ1) is 13.7. The van der Waals surface area contributed by atoms with E-state index in [-0.39, 0.29) is 17.7 Å². The van der Waals surface area contributed by atoms with E-state index in [4.69, 9.17) is 9.26 Å². The van der Waals surface area contributed by atoms with Gasteiger partial charge in [-0.25, -0.2) is 0 Å². The molecule has 1 saturated heterocycles. The van der Waals surface area contributed by atoms with Gasteiger partial charge < -0.3 is 14.2 Å². The van der Waals surface area contributed by atoms with Crippen LogP contribution < -0.4 is 4.74 Å². The molecule has 142 valence electrons. The molecular weight excluding hydrogens is 354 g/mol. The maximum Gasteiger partial charge on any atom is 0.234 e. The van der Waals surface area contributed by atoms with Crippen molar-refractivity contribution in [3.8, 4) is 11.5 Å². The summed E-state index contributed by atoms with van der Waals surface area (Å²) >= 11 is 0. The Morgan fingerprint density at radius 2 is 1.75 bits per heavy atom. The Labute approximate surface area is 163 Å². The number of ether oxygens (including phenoxy) is 1. The van der Waals surface area contributed by atoms with Gasteiger partial charge in [0.2, 0.25) is 11.8 Å². The lowest BCUT2D eigenvalue weighted by atomic mass is 9.86. The lowest BCUT2D eigenvalue weighted by Crippen LogP contribution is -2.42. The van der Waals surface area contributed by atoms with Crippen molar-refractivity contribution >= 4 is 5.91 Å². The fourth-order valence-corrected chi connectivity index (χ4v) is 4.22. The molecule has 1 aromatic heterocycles. The number of amides is 1. The Balaban J connectivity index is 1.48. The molecule has 0 unspecified atom stereocenters. The molecule has 0 saturated carbocycles. The Bertz CT molecular complexity index is 984. The van der Waals surface area contributed by atoms with Crippen molar-refractivity contribution in [2.24, 2.45) is 0 Å². The van der Waals surface area contributed by atoms with E-state index in [0.29, 0.717) is 18.3 Å². The van der Waals surface area contributed by atoms with Crippen molar-refractivity contribution in [2.45, 2.75) is 31.6 Å². The first kappa shape index (κ1) is 17.0. The molecule has 0 radical (unpaired) electrons. The van der Waals surface area contributed by atoms with Crippen LogP contribution in [0.15, 0.2) is 53.1 Å². The second-order valence-electron chi connectivity index (χ2n) is 7.41. The minimum atomic E-state index is -0.357. The first-order valence-electron chi connectivity index (χ1n) is 9.65. The van der Waals surface area contributed by atoms with Gasteiger partial charge in [0.25, 0.3) is 0 Å². The van der Waals surface area contributed by atoms with E-state index in [2.05, 4.69) is 10.1 Å². The molecule has 1 fully saturated rings. The summed E-state index contributed by atoms with van der Waals surface area (Å²) in [5.74, 6) is 2.59. The van der Waals surface area contributed by atoms with Crippen LogP contribution in [0, 0.1) is 6.92 Å². The van der Waals surface area contributed by atoms with Crippen molar-refractivity contribution in [2.75, 3.05) is 13.1 Å². The fourth-order valence-electron chi connectivity index (χ4n) is 4.22. The lowest BCUT2D eigenvalue weighted by molar-refractivity contribution is -0.133. The zero-order chi connectivity index (χ0) is 19.1. The summed E-state index contributed by atoms with van der Waals surface area (Å²) in [5.41, 5.74) is 1.84. The molecule has 0 bridgehead atoms. The molecule has 28 heavy (non-hydrogen) atoms. The molecule has 2 aliphatic heterocycles. The van der Waals surface area contributed by atoms with E-state index in [1.165, 1.54) is 0 Å². The molecule has 2 aromatic carbocycles. The summed E-state index contributed by atoms with van der Waals surface area (Å²) in [7, 11) is 0. The number of carbonyl (C=O) groups is 1. The summed E-state index contributed by atoms with van der Waals surface area (Å²) in [6.45, 7) is 3.15. The Morgan fingerprint density at radius 1 is 1.07 bits per heavy atom. The maximum absolute atomic E-state index is 13.7. The van der Waals surface area contributed by atoms with Crippen molar-refractivity contribution in [1.82, 2.24) is 15.0 Å². The van der Waals surface area contributed by atoms with Gasteiger partial charge in [-0.15, -0.1) is 0 Å². The Hall–Kier alpha value is -3.15. The van der Waals surface area contributed by atoms with Crippen LogP contribution in [0.1, 0.15) is 47.5 Å². The highest BCUT2D eigenvalue weighted by molar-refractivity contribution is 5.89. The van der Waals surface area contributed by atoms with E-state index >= 15 is 0 Å². The molecule has 5 rings (SSSR count). The predicted octanol–water partition coefficient (Wildman–Crippen LogP) is 4.02. The summed E-state index contributed by atoms with van der Waals surface area (Å²) in [4.78, 5) is 20.0. The fraction of sp³-hybridized carbons (Fsp3) is 0.318. The predicted molar refractivity (Wildman–Crippen MR) is 102 cm³/mol. The number of aryl methyl sites for hydroxylation is 1. The molecule has 0 N–H and O–H groups in total. The van der Waals surface area contributed by atoms with E-state index in [9.17, 15) is 4.79 Å². The lowest BCUT2D eigenvalue weighted by Gasteiger charge is -2.36. The van der Waals surface area contributed by atoms with Gasteiger partial charge in [-0.2, -0.15) is 4.98 Å². The Morgan fingerprint density at radius 3 is 2.39 bits per heavy atom. The van der Waals surface area contributed by atoms with E-state index in [1.807, 2.05) is 60.4 Å². The molecule has 1 amide bonds. The molecule has 0 aliphatic carbocycles. The SMILES string of the molecule is Cc1noc([C@@H]2CCCN(C(=O)C3c4ccccc4Oc4ccccc43)C2)n1. The number of rotatable bonds is 2. The molecule has 1 atom stereocenters. The summed E-state index contributed by atoms with van der Waals surface area (Å²) < 4.78 is 11.4. The smallest absolute Gasteiger partial charge is 0.234 e. The quantitative estimate of drug-likeness (QED) is 0.677. The number of likely N-dealkylation sites (tertiary alicyclic amines) is 1. The normalized spacial score (nSPS) is 18.9. The average molecular weight is 375 g/mol. The van der Waals surface area contributed by atoms with Crippen molar-refractivity contribution in [3.63, 3.8) is 0 Å². The van der Waals surface area contributed by atoms with Crippen LogP contribution >= 0.6 is 0 Å². The number of fused-ring (bicyclic) bond motifs is 2. The van der Waals surface area contributed by atoms with E-state index in [0.717, 1.165) is 42.0 Å². The number of benzene rings is 2. The summed E-state index contributed by atoms with van der Waals surface area (Å²) in [5, 5.41) is 3.90. The third-order valence-corrected chi connectivity index (χ3v) is 5.55. The van der Waals surface area contributed by atoms with Gasteiger partial charge in [0.05, 0.1) is 11.8 Å². The van der Waals surface area contributed by atoms with Crippen LogP contribution in [-0.4, -0.2) is 34.0 Å². The zero-order valence-corrected chi connectivity index (χ0v) is 15.7. The summed E-state index contributed by atoms with van der Waals surface area (Å²) in [6.07, 6.45) is 1.87. The topological polar surface area (TPSA) is 68.5 Å². The third kappa shape index (κ3) is 2.85. The van der Waals surface area contributed by atoms with Crippen molar-refractivity contribution in [1.29, 1.82) is 0 Å². The number of piperidine rings is 1. The molecule has 2 aliphatic rings. The van der Waals surface area contributed by atoms with E-state index < -0.39 is 0 Å². The highest BCUT2D eigenvalue weighted by Gasteiger charge is 2.37. The number of hydrogen-bond donors (Lipinski definition) is 0. The van der Waals surface area contributed by atoms with Crippen LogP contribution in [0.5, 0.6) is 11.5 Å². The maximum atomic E-state index is 13.7. The number of para-hydroxylation sites is 2. The van der Waals surface area contributed by atoms with Crippen molar-refractivity contribution < 1.29 is 14.1 Å². The van der Waals surface area contributed by atoms with Crippen molar-refractivity contribution in [3.05, 3.63) is 71.4 Å².